The fourth-order valence-electron chi connectivity index (χ4n) is 3.59. The Hall–Kier alpha value is -2.72. The minimum atomic E-state index is -0.434. The van der Waals surface area contributed by atoms with E-state index in [1.807, 2.05) is 11.4 Å². The number of rotatable bonds is 3. The molecule has 10 heteroatoms. The molecule has 0 radical (unpaired) electrons. The van der Waals surface area contributed by atoms with Crippen molar-refractivity contribution in [1.29, 1.82) is 0 Å². The summed E-state index contributed by atoms with van der Waals surface area (Å²) in [6, 6.07) is 6.66. The molecule has 3 heterocycles. The number of nitrogens with one attached hydrogen (secondary N) is 4. The lowest BCUT2D eigenvalue weighted by molar-refractivity contribution is 0.0156. The molecule has 0 bridgehead atoms. The number of anilines is 1. The van der Waals surface area contributed by atoms with E-state index in [0.717, 1.165) is 12.1 Å². The summed E-state index contributed by atoms with van der Waals surface area (Å²) in [6.45, 7) is 1.81. The molecule has 0 spiro atoms. The zero-order valence-corrected chi connectivity index (χ0v) is 16.6. The van der Waals surface area contributed by atoms with Crippen molar-refractivity contribution >= 4 is 40.4 Å². The second kappa shape index (κ2) is 7.27. The van der Waals surface area contributed by atoms with Gasteiger partial charge in [-0.05, 0) is 12.1 Å². The lowest BCUT2D eigenvalue weighted by Crippen LogP contribution is -2.50. The van der Waals surface area contributed by atoms with Gasteiger partial charge in [0, 0.05) is 29.6 Å². The van der Waals surface area contributed by atoms with Gasteiger partial charge in [-0.15, -0.1) is 11.3 Å². The van der Waals surface area contributed by atoms with Crippen LogP contribution in [-0.4, -0.2) is 47.9 Å². The second-order valence-corrected chi connectivity index (χ2v) is 8.22. The third-order valence-corrected chi connectivity index (χ3v) is 5.96. The van der Waals surface area contributed by atoms with Crippen LogP contribution in [0.15, 0.2) is 29.6 Å². The summed E-state index contributed by atoms with van der Waals surface area (Å²) < 4.78 is 6.11. The Morgan fingerprint density at radius 2 is 2.24 bits per heavy atom. The van der Waals surface area contributed by atoms with Crippen LogP contribution in [0.25, 0.3) is 22.5 Å². The predicted octanol–water partition coefficient (Wildman–Crippen LogP) is 3.07. The van der Waals surface area contributed by atoms with E-state index in [-0.39, 0.29) is 5.78 Å². The lowest BCUT2D eigenvalue weighted by Gasteiger charge is -2.24. The molecule has 5 rings (SSSR count). The van der Waals surface area contributed by atoms with Crippen LogP contribution in [0.1, 0.15) is 15.9 Å². The van der Waals surface area contributed by atoms with Crippen molar-refractivity contribution in [3.8, 4) is 22.5 Å². The van der Waals surface area contributed by atoms with Crippen LogP contribution < -0.4 is 16.0 Å². The predicted molar refractivity (Wildman–Crippen MR) is 111 cm³/mol. The first-order valence-corrected chi connectivity index (χ1v) is 10.3. The SMILES string of the molecule is O=C(Nc1cccc2c1C(=O)c1c-2n[nH]c1-c1csc(Cl)c1)NC1CNCCO1. The van der Waals surface area contributed by atoms with Gasteiger partial charge in [-0.2, -0.15) is 5.10 Å². The number of ketones is 1. The quantitative estimate of drug-likeness (QED) is 0.400. The smallest absolute Gasteiger partial charge is 0.321 e. The topological polar surface area (TPSA) is 108 Å². The molecule has 2 aliphatic rings. The number of nitrogens with zero attached hydrogens (tertiary/aromatic N) is 1. The number of aromatic nitrogens is 2. The fourth-order valence-corrected chi connectivity index (χ4v) is 4.47. The fraction of sp³-hybridized carbons (Fsp3) is 0.211. The van der Waals surface area contributed by atoms with Crippen molar-refractivity contribution in [2.75, 3.05) is 25.0 Å². The van der Waals surface area contributed by atoms with Crippen molar-refractivity contribution in [3.05, 3.63) is 45.1 Å². The van der Waals surface area contributed by atoms with E-state index in [4.69, 9.17) is 16.3 Å². The number of aromatic amines is 1. The molecule has 2 amide bonds. The summed E-state index contributed by atoms with van der Waals surface area (Å²) in [5.41, 5.74) is 4.04. The number of carbonyl (C=O) groups excluding carboxylic acids is 2. The molecular formula is C19H16ClN5O3S. The van der Waals surface area contributed by atoms with Crippen LogP contribution in [0.4, 0.5) is 10.5 Å². The molecule has 1 aromatic carbocycles. The minimum absolute atomic E-state index is 0.187. The molecule has 8 nitrogen and oxygen atoms in total. The van der Waals surface area contributed by atoms with Crippen LogP contribution >= 0.6 is 22.9 Å². The Bertz CT molecular complexity index is 1120. The first kappa shape index (κ1) is 18.3. The van der Waals surface area contributed by atoms with E-state index in [0.29, 0.717) is 51.3 Å². The number of H-pyrrole nitrogens is 1. The lowest BCUT2D eigenvalue weighted by atomic mass is 10.0. The maximum Gasteiger partial charge on any atom is 0.321 e. The maximum atomic E-state index is 13.2. The van der Waals surface area contributed by atoms with Crippen molar-refractivity contribution in [2.24, 2.45) is 0 Å². The Morgan fingerprint density at radius 1 is 1.34 bits per heavy atom. The van der Waals surface area contributed by atoms with E-state index in [1.54, 1.807) is 18.2 Å². The van der Waals surface area contributed by atoms with Crippen molar-refractivity contribution in [1.82, 2.24) is 20.8 Å². The van der Waals surface area contributed by atoms with E-state index < -0.39 is 12.3 Å². The van der Waals surface area contributed by atoms with Crippen LogP contribution in [-0.2, 0) is 4.74 Å². The normalized spacial score (nSPS) is 17.7. The molecule has 4 N–H and O–H groups in total. The highest BCUT2D eigenvalue weighted by Crippen LogP contribution is 2.43. The third-order valence-electron chi connectivity index (χ3n) is 4.86. The average molecular weight is 430 g/mol. The Labute approximate surface area is 174 Å². The number of morpholine rings is 1. The summed E-state index contributed by atoms with van der Waals surface area (Å²) in [4.78, 5) is 25.7. The molecule has 3 aromatic rings. The molecule has 1 aliphatic carbocycles. The molecular weight excluding hydrogens is 414 g/mol. The molecule has 148 valence electrons. The van der Waals surface area contributed by atoms with Gasteiger partial charge in [-0.3, -0.25) is 9.89 Å². The molecule has 29 heavy (non-hydrogen) atoms. The minimum Gasteiger partial charge on any atom is -0.356 e. The number of thiophene rings is 1. The van der Waals surface area contributed by atoms with Gasteiger partial charge in [-0.25, -0.2) is 4.79 Å². The summed E-state index contributed by atoms with van der Waals surface area (Å²) in [5.74, 6) is -0.187. The van der Waals surface area contributed by atoms with Gasteiger partial charge in [-0.1, -0.05) is 23.7 Å². The van der Waals surface area contributed by atoms with Crippen molar-refractivity contribution < 1.29 is 14.3 Å². The summed E-state index contributed by atoms with van der Waals surface area (Å²) in [6.07, 6.45) is -0.415. The van der Waals surface area contributed by atoms with Gasteiger partial charge in [0.1, 0.15) is 11.9 Å². The van der Waals surface area contributed by atoms with Gasteiger partial charge in [0.2, 0.25) is 0 Å². The van der Waals surface area contributed by atoms with Crippen LogP contribution in [0, 0.1) is 0 Å². The molecule has 1 aliphatic heterocycles. The average Bonchev–Trinajstić information content (AvgIpc) is 3.40. The molecule has 2 aromatic heterocycles. The van der Waals surface area contributed by atoms with Crippen LogP contribution in [0.5, 0.6) is 0 Å². The van der Waals surface area contributed by atoms with Crippen LogP contribution in [0.2, 0.25) is 4.34 Å². The Morgan fingerprint density at radius 3 is 3.00 bits per heavy atom. The number of benzene rings is 1. The van der Waals surface area contributed by atoms with Crippen molar-refractivity contribution in [3.63, 3.8) is 0 Å². The molecule has 1 atom stereocenters. The van der Waals surface area contributed by atoms with Crippen LogP contribution in [0.3, 0.4) is 0 Å². The third kappa shape index (κ3) is 3.22. The Kier molecular flexibility index (Phi) is 4.59. The zero-order valence-electron chi connectivity index (χ0n) is 15.0. The van der Waals surface area contributed by atoms with E-state index in [2.05, 4.69) is 26.1 Å². The number of ether oxygens (including phenoxy) is 1. The molecule has 0 saturated carbocycles. The summed E-state index contributed by atoms with van der Waals surface area (Å²) >= 11 is 7.43. The standard InChI is InChI=1S/C19H16ClN5O3S/c20-12-6-9(8-29-12)16-15-17(25-24-16)10-2-1-3-11(14(10)18(15)26)22-19(27)23-13-7-21-4-5-28-13/h1-3,6,8,13,21H,4-5,7H2,(H,24,25)(H2,22,23,27). The number of amides is 2. The molecule has 1 saturated heterocycles. The van der Waals surface area contributed by atoms with E-state index >= 15 is 0 Å². The number of hydrogen-bond acceptors (Lipinski definition) is 6. The number of urea groups is 1. The summed E-state index contributed by atoms with van der Waals surface area (Å²) in [7, 11) is 0. The van der Waals surface area contributed by atoms with Gasteiger partial charge in [0.05, 0.1) is 33.5 Å². The largest absolute Gasteiger partial charge is 0.356 e. The highest BCUT2D eigenvalue weighted by atomic mass is 35.5. The zero-order chi connectivity index (χ0) is 20.0. The first-order chi connectivity index (χ1) is 14.1. The van der Waals surface area contributed by atoms with Gasteiger partial charge in [0.25, 0.3) is 0 Å². The summed E-state index contributed by atoms with van der Waals surface area (Å²) in [5, 5.41) is 17.8. The first-order valence-electron chi connectivity index (χ1n) is 9.02. The van der Waals surface area contributed by atoms with E-state index in [9.17, 15) is 9.59 Å². The van der Waals surface area contributed by atoms with Crippen molar-refractivity contribution in [2.45, 2.75) is 6.23 Å². The second-order valence-electron chi connectivity index (χ2n) is 6.68. The number of carbonyl (C=O) groups is 2. The van der Waals surface area contributed by atoms with E-state index in [1.165, 1.54) is 11.3 Å². The monoisotopic (exact) mass is 429 g/mol. The maximum absolute atomic E-state index is 13.2. The number of hydrogen-bond donors (Lipinski definition) is 4. The highest BCUT2D eigenvalue weighted by molar-refractivity contribution is 7.14. The molecule has 1 fully saturated rings. The van der Waals surface area contributed by atoms with Gasteiger partial charge >= 0.3 is 6.03 Å². The van der Waals surface area contributed by atoms with Gasteiger partial charge < -0.3 is 20.7 Å². The number of fused-ring (bicyclic) bond motifs is 3. The molecule has 1 unspecified atom stereocenters. The Balaban J connectivity index is 1.44. The number of halogens is 1. The van der Waals surface area contributed by atoms with Gasteiger partial charge in [0.15, 0.2) is 5.78 Å². The highest BCUT2D eigenvalue weighted by Gasteiger charge is 2.35.